The molecule has 1 heterocycles. The molecule has 2 aromatic rings. The van der Waals surface area contributed by atoms with Gasteiger partial charge >= 0.3 is 0 Å². The van der Waals surface area contributed by atoms with E-state index < -0.39 is 21.7 Å². The number of sulfonamides is 1. The zero-order valence-electron chi connectivity index (χ0n) is 18.2. The van der Waals surface area contributed by atoms with Crippen LogP contribution in [0.4, 0.5) is 15.8 Å². The third-order valence-electron chi connectivity index (χ3n) is 5.30. The highest BCUT2D eigenvalue weighted by atomic mass is 32.2. The van der Waals surface area contributed by atoms with Crippen LogP contribution in [0.3, 0.4) is 0 Å². The number of nitrogens with zero attached hydrogens (tertiary/aromatic N) is 2. The first-order valence-electron chi connectivity index (χ1n) is 10.6. The van der Waals surface area contributed by atoms with Gasteiger partial charge in [0.15, 0.2) is 11.6 Å². The lowest BCUT2D eigenvalue weighted by Gasteiger charge is -2.30. The minimum absolute atomic E-state index is 0.0621. The Bertz CT molecular complexity index is 1100. The minimum atomic E-state index is -4.03. The van der Waals surface area contributed by atoms with E-state index in [0.29, 0.717) is 10.8 Å². The number of carbonyl (C=O) groups is 2. The fourth-order valence-corrected chi connectivity index (χ4v) is 5.37. The molecular formula is C23H27FN2O5S. The summed E-state index contributed by atoms with van der Waals surface area (Å²) in [5.74, 6) is -2.15. The average molecular weight is 463 g/mol. The molecule has 0 aromatic heterocycles. The molecular weight excluding hydrogens is 435 g/mol. The lowest BCUT2D eigenvalue weighted by atomic mass is 10.0. The number of hydrogen-bond donors (Lipinski definition) is 0. The second-order valence-electron chi connectivity index (χ2n) is 7.57. The SMILES string of the molecule is CCCS(=O)(=O)N(C(=O)CCC(=O)N1CCCc2ccccc21)c1ccc(OC)c(F)c1. The first-order chi connectivity index (χ1) is 15.3. The summed E-state index contributed by atoms with van der Waals surface area (Å²) < 4.78 is 45.3. The van der Waals surface area contributed by atoms with E-state index in [0.717, 1.165) is 30.2 Å². The summed E-state index contributed by atoms with van der Waals surface area (Å²) in [5, 5.41) is 0. The van der Waals surface area contributed by atoms with Crippen LogP contribution in [0.25, 0.3) is 0 Å². The predicted octanol–water partition coefficient (Wildman–Crippen LogP) is 3.67. The zero-order chi connectivity index (χ0) is 23.3. The molecule has 3 rings (SSSR count). The standard InChI is InChI=1S/C23H27FN2O5S/c1-3-15-32(29,30)26(18-10-11-21(31-2)19(24)16-18)23(28)13-12-22(27)25-14-6-8-17-7-4-5-9-20(17)25/h4-5,7,9-11,16H,3,6,8,12-15H2,1-2H3. The van der Waals surface area contributed by atoms with Gasteiger partial charge in [-0.1, -0.05) is 25.1 Å². The van der Waals surface area contributed by atoms with Gasteiger partial charge in [-0.2, -0.15) is 0 Å². The largest absolute Gasteiger partial charge is 0.494 e. The van der Waals surface area contributed by atoms with Crippen molar-refractivity contribution in [3.63, 3.8) is 0 Å². The number of aryl methyl sites for hydroxylation is 1. The highest BCUT2D eigenvalue weighted by Crippen LogP contribution is 2.29. The third-order valence-corrected chi connectivity index (χ3v) is 7.20. The Hall–Kier alpha value is -2.94. The van der Waals surface area contributed by atoms with Gasteiger partial charge in [0.25, 0.3) is 0 Å². The molecule has 32 heavy (non-hydrogen) atoms. The molecule has 0 fully saturated rings. The maximum atomic E-state index is 14.2. The van der Waals surface area contributed by atoms with Crippen LogP contribution >= 0.6 is 0 Å². The Balaban J connectivity index is 1.80. The van der Waals surface area contributed by atoms with E-state index in [-0.39, 0.29) is 42.4 Å². The van der Waals surface area contributed by atoms with Gasteiger partial charge in [0.2, 0.25) is 21.8 Å². The van der Waals surface area contributed by atoms with Crippen molar-refractivity contribution in [1.82, 2.24) is 0 Å². The van der Waals surface area contributed by atoms with Crippen molar-refractivity contribution in [1.29, 1.82) is 0 Å². The van der Waals surface area contributed by atoms with Crippen LogP contribution in [0.1, 0.15) is 38.2 Å². The van der Waals surface area contributed by atoms with Crippen LogP contribution in [0.15, 0.2) is 42.5 Å². The summed E-state index contributed by atoms with van der Waals surface area (Å²) >= 11 is 0. The molecule has 1 aliphatic rings. The van der Waals surface area contributed by atoms with Gasteiger partial charge in [0, 0.05) is 31.1 Å². The van der Waals surface area contributed by atoms with Crippen LogP contribution < -0.4 is 13.9 Å². The highest BCUT2D eigenvalue weighted by Gasteiger charge is 2.30. The van der Waals surface area contributed by atoms with Crippen LogP contribution in [0.2, 0.25) is 0 Å². The number of para-hydroxylation sites is 1. The summed E-state index contributed by atoms with van der Waals surface area (Å²) in [6.45, 7) is 2.22. The smallest absolute Gasteiger partial charge is 0.241 e. The van der Waals surface area contributed by atoms with E-state index in [9.17, 15) is 22.4 Å². The van der Waals surface area contributed by atoms with Gasteiger partial charge < -0.3 is 9.64 Å². The average Bonchev–Trinajstić information content (AvgIpc) is 2.77. The van der Waals surface area contributed by atoms with E-state index in [2.05, 4.69) is 0 Å². The summed E-state index contributed by atoms with van der Waals surface area (Å²) in [6.07, 6.45) is 1.52. The second kappa shape index (κ2) is 10.1. The summed E-state index contributed by atoms with van der Waals surface area (Å²) in [4.78, 5) is 27.5. The number of hydrogen-bond acceptors (Lipinski definition) is 5. The Morgan fingerprint density at radius 1 is 1.16 bits per heavy atom. The number of methoxy groups -OCH3 is 1. The van der Waals surface area contributed by atoms with Crippen molar-refractivity contribution in [2.75, 3.05) is 28.6 Å². The van der Waals surface area contributed by atoms with Crippen LogP contribution in [-0.2, 0) is 26.0 Å². The normalized spacial score (nSPS) is 13.4. The topological polar surface area (TPSA) is 84.0 Å². The summed E-state index contributed by atoms with van der Waals surface area (Å²) in [7, 11) is -2.74. The van der Waals surface area contributed by atoms with Crippen molar-refractivity contribution in [2.45, 2.75) is 39.0 Å². The van der Waals surface area contributed by atoms with Gasteiger partial charge in [-0.25, -0.2) is 17.1 Å². The van der Waals surface area contributed by atoms with Crippen LogP contribution in [0.5, 0.6) is 5.75 Å². The van der Waals surface area contributed by atoms with Crippen LogP contribution in [0, 0.1) is 5.82 Å². The molecule has 0 spiro atoms. The van der Waals surface area contributed by atoms with E-state index >= 15 is 0 Å². The monoisotopic (exact) mass is 462 g/mol. The lowest BCUT2D eigenvalue weighted by Crippen LogP contribution is -2.40. The molecule has 2 amide bonds. The van der Waals surface area contributed by atoms with Crippen molar-refractivity contribution >= 4 is 33.2 Å². The van der Waals surface area contributed by atoms with Crippen molar-refractivity contribution in [3.05, 3.63) is 53.8 Å². The number of amides is 2. The van der Waals surface area contributed by atoms with Gasteiger partial charge in [-0.3, -0.25) is 9.59 Å². The van der Waals surface area contributed by atoms with Gasteiger partial charge in [-0.15, -0.1) is 0 Å². The fraction of sp³-hybridized carbons (Fsp3) is 0.391. The minimum Gasteiger partial charge on any atom is -0.494 e. The lowest BCUT2D eigenvalue weighted by molar-refractivity contribution is -0.123. The van der Waals surface area contributed by atoms with Gasteiger partial charge in [0.05, 0.1) is 18.6 Å². The quantitative estimate of drug-likeness (QED) is 0.598. The number of fused-ring (bicyclic) bond motifs is 1. The van der Waals surface area contributed by atoms with E-state index in [1.807, 2.05) is 24.3 Å². The fourth-order valence-electron chi connectivity index (χ4n) is 3.83. The number of ether oxygens (including phenoxy) is 1. The predicted molar refractivity (Wildman–Crippen MR) is 121 cm³/mol. The maximum absolute atomic E-state index is 14.2. The number of carbonyl (C=O) groups excluding carboxylic acids is 2. The Kier molecular flexibility index (Phi) is 7.50. The van der Waals surface area contributed by atoms with E-state index in [1.165, 1.54) is 19.2 Å². The van der Waals surface area contributed by atoms with Gasteiger partial charge in [-0.05, 0) is 43.0 Å². The van der Waals surface area contributed by atoms with Gasteiger partial charge in [0.1, 0.15) is 0 Å². The number of anilines is 2. The van der Waals surface area contributed by atoms with Crippen molar-refractivity contribution in [2.24, 2.45) is 0 Å². The molecule has 0 aliphatic carbocycles. The maximum Gasteiger partial charge on any atom is 0.241 e. The summed E-state index contributed by atoms with van der Waals surface area (Å²) in [6, 6.07) is 11.1. The second-order valence-corrected chi connectivity index (χ2v) is 9.51. The number of benzene rings is 2. The Morgan fingerprint density at radius 2 is 1.91 bits per heavy atom. The molecule has 0 bridgehead atoms. The number of halogens is 1. The zero-order valence-corrected chi connectivity index (χ0v) is 19.0. The molecule has 7 nitrogen and oxygen atoms in total. The van der Waals surface area contributed by atoms with Crippen LogP contribution in [-0.4, -0.2) is 39.6 Å². The molecule has 0 radical (unpaired) electrons. The molecule has 2 aromatic carbocycles. The Morgan fingerprint density at radius 3 is 2.59 bits per heavy atom. The van der Waals surface area contributed by atoms with Crippen molar-refractivity contribution in [3.8, 4) is 5.75 Å². The molecule has 0 atom stereocenters. The molecule has 1 aliphatic heterocycles. The molecule has 0 N–H and O–H groups in total. The molecule has 0 saturated heterocycles. The molecule has 9 heteroatoms. The van der Waals surface area contributed by atoms with Crippen molar-refractivity contribution < 1.29 is 27.1 Å². The molecule has 172 valence electrons. The molecule has 0 unspecified atom stereocenters. The number of rotatable bonds is 8. The van der Waals surface area contributed by atoms with E-state index in [1.54, 1.807) is 11.8 Å². The summed E-state index contributed by atoms with van der Waals surface area (Å²) in [5.41, 5.74) is 1.78. The third kappa shape index (κ3) is 5.09. The Labute approximate surface area is 187 Å². The van der Waals surface area contributed by atoms with E-state index in [4.69, 9.17) is 4.74 Å². The first kappa shape index (κ1) is 23.7. The highest BCUT2D eigenvalue weighted by molar-refractivity contribution is 7.93. The molecule has 0 saturated carbocycles. The first-order valence-corrected chi connectivity index (χ1v) is 12.2.